The molecule has 3 atom stereocenters. The number of fused-ring (bicyclic) bond motifs is 3. The molecule has 3 N–H and O–H groups in total. The highest BCUT2D eigenvalue weighted by molar-refractivity contribution is 6.06. The SMILES string of the molecule is C=CC[C@H](C(N)=O)[C@@H](CC1CCCC1)C(=O)NC1C(=O)N(Cc2cccc(Oc3ccccc3)c2)c2ccccc2-c2ccccc21. The fourth-order valence-electron chi connectivity index (χ4n) is 7.12. The summed E-state index contributed by atoms with van der Waals surface area (Å²) in [6, 6.07) is 31.8. The van der Waals surface area contributed by atoms with Gasteiger partial charge in [-0.15, -0.1) is 6.58 Å². The molecule has 7 heteroatoms. The Morgan fingerprint density at radius 3 is 2.30 bits per heavy atom. The number of benzene rings is 4. The highest BCUT2D eigenvalue weighted by atomic mass is 16.5. The van der Waals surface area contributed by atoms with Crippen LogP contribution in [0.5, 0.6) is 11.5 Å². The van der Waals surface area contributed by atoms with Crippen molar-refractivity contribution in [3.63, 3.8) is 0 Å². The number of ether oxygens (including phenoxy) is 1. The average molecular weight is 628 g/mol. The third kappa shape index (κ3) is 7.14. The Labute approximate surface area is 276 Å². The van der Waals surface area contributed by atoms with Gasteiger partial charge >= 0.3 is 0 Å². The van der Waals surface area contributed by atoms with E-state index < -0.39 is 23.8 Å². The van der Waals surface area contributed by atoms with Crippen molar-refractivity contribution in [3.05, 3.63) is 127 Å². The maximum atomic E-state index is 14.8. The highest BCUT2D eigenvalue weighted by Crippen LogP contribution is 2.42. The van der Waals surface area contributed by atoms with Gasteiger partial charge in [0, 0.05) is 5.56 Å². The molecular weight excluding hydrogens is 586 g/mol. The van der Waals surface area contributed by atoms with E-state index in [1.165, 1.54) is 0 Å². The van der Waals surface area contributed by atoms with Crippen LogP contribution in [0, 0.1) is 17.8 Å². The molecule has 47 heavy (non-hydrogen) atoms. The van der Waals surface area contributed by atoms with E-state index in [1.807, 2.05) is 103 Å². The number of nitrogens with one attached hydrogen (secondary N) is 1. The van der Waals surface area contributed by atoms with Crippen LogP contribution in [-0.4, -0.2) is 17.7 Å². The molecule has 0 saturated heterocycles. The first-order chi connectivity index (χ1) is 22.9. The Balaban J connectivity index is 1.36. The normalized spacial score (nSPS) is 17.1. The van der Waals surface area contributed by atoms with E-state index in [-0.39, 0.29) is 18.4 Å². The second-order valence-electron chi connectivity index (χ2n) is 12.6. The van der Waals surface area contributed by atoms with Crippen LogP contribution in [0.1, 0.15) is 55.7 Å². The van der Waals surface area contributed by atoms with Crippen LogP contribution < -0.4 is 20.7 Å². The van der Waals surface area contributed by atoms with Gasteiger partial charge in [0.15, 0.2) is 0 Å². The number of carbonyl (C=O) groups is 3. The van der Waals surface area contributed by atoms with Crippen molar-refractivity contribution in [3.8, 4) is 22.6 Å². The van der Waals surface area contributed by atoms with Crippen molar-refractivity contribution in [1.29, 1.82) is 0 Å². The minimum absolute atomic E-state index is 0.258. The summed E-state index contributed by atoms with van der Waals surface area (Å²) >= 11 is 0. The van der Waals surface area contributed by atoms with Gasteiger partial charge in [-0.05, 0) is 65.8 Å². The lowest BCUT2D eigenvalue weighted by molar-refractivity contribution is -0.136. The zero-order valence-corrected chi connectivity index (χ0v) is 26.5. The number of primary amides is 1. The smallest absolute Gasteiger partial charge is 0.254 e. The van der Waals surface area contributed by atoms with Gasteiger partial charge in [0.2, 0.25) is 11.8 Å². The zero-order valence-electron chi connectivity index (χ0n) is 26.5. The molecule has 1 aliphatic heterocycles. The molecule has 4 aromatic rings. The van der Waals surface area contributed by atoms with Crippen LogP contribution in [0.15, 0.2) is 116 Å². The third-order valence-electron chi connectivity index (χ3n) is 9.44. The predicted molar refractivity (Wildman–Crippen MR) is 184 cm³/mol. The second-order valence-corrected chi connectivity index (χ2v) is 12.6. The average Bonchev–Trinajstić information content (AvgIpc) is 3.58. The molecule has 7 nitrogen and oxygen atoms in total. The first-order valence-corrected chi connectivity index (χ1v) is 16.4. The predicted octanol–water partition coefficient (Wildman–Crippen LogP) is 7.72. The molecule has 0 bridgehead atoms. The van der Waals surface area contributed by atoms with Gasteiger partial charge in [0.05, 0.1) is 24.1 Å². The number of nitrogens with two attached hydrogens (primary N) is 1. The van der Waals surface area contributed by atoms with Crippen molar-refractivity contribution < 1.29 is 19.1 Å². The van der Waals surface area contributed by atoms with E-state index in [9.17, 15) is 14.4 Å². The molecule has 0 radical (unpaired) electrons. The minimum Gasteiger partial charge on any atom is -0.457 e. The Kier molecular flexibility index (Phi) is 9.81. The Hall–Kier alpha value is -5.17. The minimum atomic E-state index is -0.974. The molecule has 0 aromatic heterocycles. The van der Waals surface area contributed by atoms with Gasteiger partial charge in [-0.25, -0.2) is 0 Å². The number of nitrogens with zero attached hydrogens (tertiary/aromatic N) is 1. The topological polar surface area (TPSA) is 102 Å². The molecule has 3 amide bonds. The van der Waals surface area contributed by atoms with E-state index >= 15 is 0 Å². The van der Waals surface area contributed by atoms with E-state index in [0.717, 1.165) is 53.8 Å². The lowest BCUT2D eigenvalue weighted by Crippen LogP contribution is -2.47. The number of hydrogen-bond donors (Lipinski definition) is 2. The molecule has 6 rings (SSSR count). The molecule has 1 heterocycles. The van der Waals surface area contributed by atoms with Crippen molar-refractivity contribution in [2.45, 2.75) is 51.1 Å². The quantitative estimate of drug-likeness (QED) is 0.157. The summed E-state index contributed by atoms with van der Waals surface area (Å²) in [7, 11) is 0. The van der Waals surface area contributed by atoms with Crippen LogP contribution in [-0.2, 0) is 20.9 Å². The Bertz CT molecular complexity index is 1750. The molecule has 240 valence electrons. The number of hydrogen-bond acceptors (Lipinski definition) is 4. The second kappa shape index (κ2) is 14.5. The van der Waals surface area contributed by atoms with Gasteiger partial charge in [0.25, 0.3) is 5.91 Å². The van der Waals surface area contributed by atoms with Crippen LogP contribution in [0.2, 0.25) is 0 Å². The Morgan fingerprint density at radius 1 is 0.872 bits per heavy atom. The molecule has 1 fully saturated rings. The van der Waals surface area contributed by atoms with Crippen molar-refractivity contribution in [2.75, 3.05) is 4.90 Å². The summed E-state index contributed by atoms with van der Waals surface area (Å²) < 4.78 is 6.09. The van der Waals surface area contributed by atoms with Gasteiger partial charge in [0.1, 0.15) is 17.5 Å². The van der Waals surface area contributed by atoms with Crippen molar-refractivity contribution >= 4 is 23.4 Å². The van der Waals surface area contributed by atoms with Crippen LogP contribution in [0.4, 0.5) is 5.69 Å². The molecule has 2 aliphatic rings. The van der Waals surface area contributed by atoms with Gasteiger partial charge in [-0.1, -0.05) is 105 Å². The third-order valence-corrected chi connectivity index (χ3v) is 9.44. The highest BCUT2D eigenvalue weighted by Gasteiger charge is 2.39. The number of amides is 3. The molecule has 4 aromatic carbocycles. The Morgan fingerprint density at radius 2 is 1.55 bits per heavy atom. The molecule has 1 unspecified atom stereocenters. The van der Waals surface area contributed by atoms with Gasteiger partial charge in [-0.2, -0.15) is 0 Å². The summed E-state index contributed by atoms with van der Waals surface area (Å²) in [6.45, 7) is 4.08. The summed E-state index contributed by atoms with van der Waals surface area (Å²) in [5, 5.41) is 3.13. The van der Waals surface area contributed by atoms with Crippen LogP contribution in [0.25, 0.3) is 11.1 Å². The van der Waals surface area contributed by atoms with Crippen LogP contribution >= 0.6 is 0 Å². The van der Waals surface area contributed by atoms with Crippen LogP contribution in [0.3, 0.4) is 0 Å². The monoisotopic (exact) mass is 627 g/mol. The van der Waals surface area contributed by atoms with E-state index in [1.54, 1.807) is 11.0 Å². The fourth-order valence-corrected chi connectivity index (χ4v) is 7.12. The zero-order chi connectivity index (χ0) is 32.8. The maximum absolute atomic E-state index is 14.8. The van der Waals surface area contributed by atoms with Crippen molar-refractivity contribution in [2.24, 2.45) is 23.5 Å². The number of anilines is 1. The number of para-hydroxylation sites is 2. The van der Waals surface area contributed by atoms with E-state index in [4.69, 9.17) is 10.5 Å². The maximum Gasteiger partial charge on any atom is 0.254 e. The molecular formula is C40H41N3O4. The largest absolute Gasteiger partial charge is 0.457 e. The van der Waals surface area contributed by atoms with Gasteiger partial charge < -0.3 is 20.7 Å². The summed E-state index contributed by atoms with van der Waals surface area (Å²) in [6.07, 6.45) is 6.75. The summed E-state index contributed by atoms with van der Waals surface area (Å²) in [5.74, 6) is -0.778. The first-order valence-electron chi connectivity index (χ1n) is 16.4. The summed E-state index contributed by atoms with van der Waals surface area (Å²) in [4.78, 5) is 43.5. The lowest BCUT2D eigenvalue weighted by Gasteiger charge is -2.30. The number of allylic oxidation sites excluding steroid dienone is 1. The van der Waals surface area contributed by atoms with Crippen molar-refractivity contribution in [1.82, 2.24) is 5.32 Å². The standard InChI is InChI=1S/C40H41N3O4/c1-2-13-34(38(41)44)35(25-27-14-6-7-15-27)39(45)42-37-33-22-9-8-20-31(33)32-21-10-11-23-36(32)43(40(37)46)26-28-16-12-19-30(24-28)47-29-17-4-3-5-18-29/h2-5,8-12,16-24,27,34-35,37H,1,6-7,13-15,25-26H2,(H2,41,44)(H,42,45)/t34-,35+,37?/m0/s1. The summed E-state index contributed by atoms with van der Waals surface area (Å²) in [5.41, 5.74) is 9.97. The fraction of sp³-hybridized carbons (Fsp3) is 0.275. The number of rotatable bonds is 12. The number of carbonyl (C=O) groups excluding carboxylic acids is 3. The van der Waals surface area contributed by atoms with E-state index in [0.29, 0.717) is 30.1 Å². The van der Waals surface area contributed by atoms with Gasteiger partial charge in [-0.3, -0.25) is 14.4 Å². The molecule has 0 spiro atoms. The molecule has 1 aliphatic carbocycles. The van der Waals surface area contributed by atoms with E-state index in [2.05, 4.69) is 11.9 Å². The molecule has 1 saturated carbocycles. The lowest BCUT2D eigenvalue weighted by atomic mass is 9.80. The first kappa shape index (κ1) is 31.8.